The monoisotopic (exact) mass is 218 g/mol. The van der Waals surface area contributed by atoms with Gasteiger partial charge >= 0.3 is 6.03 Å². The van der Waals surface area contributed by atoms with Gasteiger partial charge in [-0.05, 0) is 12.0 Å². The summed E-state index contributed by atoms with van der Waals surface area (Å²) in [5.41, 5.74) is 0.553. The molecule has 1 atom stereocenters. The van der Waals surface area contributed by atoms with Crippen LogP contribution in [-0.4, -0.2) is 29.1 Å². The van der Waals surface area contributed by atoms with Crippen LogP contribution in [0.4, 0.5) is 4.79 Å². The average Bonchev–Trinajstić information content (AvgIpc) is 2.24. The van der Waals surface area contributed by atoms with Gasteiger partial charge in [0.25, 0.3) is 0 Å². The highest BCUT2D eigenvalue weighted by atomic mass is 16.2. The highest BCUT2D eigenvalue weighted by Gasteiger charge is 2.35. The lowest BCUT2D eigenvalue weighted by Crippen LogP contribution is -2.47. The summed E-state index contributed by atoms with van der Waals surface area (Å²) in [5.74, 6) is -0.279. The summed E-state index contributed by atoms with van der Waals surface area (Å²) in [4.78, 5) is 28.9. The predicted molar refractivity (Wildman–Crippen MR) is 61.2 cm³/mol. The van der Waals surface area contributed by atoms with Crippen molar-refractivity contribution in [3.05, 3.63) is 24.3 Å². The van der Waals surface area contributed by atoms with Crippen LogP contribution < -0.4 is 0 Å². The maximum Gasteiger partial charge on any atom is 0.350 e. The van der Waals surface area contributed by atoms with Crippen molar-refractivity contribution in [2.24, 2.45) is 16.8 Å². The van der Waals surface area contributed by atoms with Crippen LogP contribution in [0.2, 0.25) is 0 Å². The fourth-order valence-corrected chi connectivity index (χ4v) is 1.81. The number of hydrogen-bond acceptors (Lipinski definition) is 2. The Hall–Kier alpha value is -1.71. The second kappa shape index (κ2) is 4.04. The molecule has 0 spiro atoms. The Bertz CT molecular complexity index is 419. The van der Waals surface area contributed by atoms with E-state index in [4.69, 9.17) is 0 Å². The third-order valence-corrected chi connectivity index (χ3v) is 2.54. The number of imide groups is 1. The Labute approximate surface area is 94.3 Å². The van der Waals surface area contributed by atoms with E-state index in [0.717, 1.165) is 0 Å². The van der Waals surface area contributed by atoms with Gasteiger partial charge in [0.05, 0.1) is 11.6 Å². The molecule has 1 heterocycles. The summed E-state index contributed by atoms with van der Waals surface area (Å²) in [5, 5.41) is 0. The van der Waals surface area contributed by atoms with Crippen LogP contribution in [0.25, 0.3) is 0 Å². The number of carbonyl (C=O) groups is 2. The Kier molecular flexibility index (Phi) is 2.73. The molecule has 2 aliphatic rings. The lowest BCUT2D eigenvalue weighted by Gasteiger charge is -2.29. The number of rotatable bonds is 2. The number of hydrogen-bond donors (Lipinski definition) is 0. The summed E-state index contributed by atoms with van der Waals surface area (Å²) in [6.07, 6.45) is 7.09. The van der Waals surface area contributed by atoms with E-state index in [1.807, 2.05) is 19.9 Å². The third-order valence-electron chi connectivity index (χ3n) is 2.54. The molecule has 0 fully saturated rings. The summed E-state index contributed by atoms with van der Waals surface area (Å²) in [6.45, 7) is 4.37. The quantitative estimate of drug-likeness (QED) is 0.709. The zero-order valence-electron chi connectivity index (χ0n) is 9.38. The largest absolute Gasteiger partial charge is 0.350 e. The molecule has 16 heavy (non-hydrogen) atoms. The van der Waals surface area contributed by atoms with Crippen LogP contribution in [0, 0.1) is 11.8 Å². The zero-order chi connectivity index (χ0) is 11.7. The topological polar surface area (TPSA) is 49.7 Å². The molecule has 4 nitrogen and oxygen atoms in total. The molecule has 0 aromatic heterocycles. The van der Waals surface area contributed by atoms with Crippen LogP contribution in [0.3, 0.4) is 0 Å². The maximum atomic E-state index is 12.0. The molecule has 4 heteroatoms. The molecule has 0 saturated carbocycles. The van der Waals surface area contributed by atoms with Crippen LogP contribution in [0.15, 0.2) is 29.3 Å². The lowest BCUT2D eigenvalue weighted by molar-refractivity contribution is -0.129. The highest BCUT2D eigenvalue weighted by molar-refractivity contribution is 6.21. The van der Waals surface area contributed by atoms with E-state index in [0.29, 0.717) is 12.3 Å². The van der Waals surface area contributed by atoms with E-state index in [-0.39, 0.29) is 17.7 Å². The fraction of sp³-hybridized carbons (Fsp3) is 0.417. The van der Waals surface area contributed by atoms with Gasteiger partial charge in [0.15, 0.2) is 0 Å². The summed E-state index contributed by atoms with van der Waals surface area (Å²) in [6, 6.07) is -0.440. The second-order valence-corrected chi connectivity index (χ2v) is 4.38. The molecule has 84 valence electrons. The smallest absolute Gasteiger partial charge is 0.273 e. The third kappa shape index (κ3) is 1.83. The number of fused-ring (bicyclic) bond motifs is 1. The van der Waals surface area contributed by atoms with Gasteiger partial charge in [-0.1, -0.05) is 32.1 Å². The standard InChI is InChI=1S/C12H14N2O2/c1-8(2)7-14-11(15)9-5-3-4-6-10(9)13-12(14)16/h3-6,8-9H,7H2,1-2H3. The van der Waals surface area contributed by atoms with Gasteiger partial charge < -0.3 is 0 Å². The van der Waals surface area contributed by atoms with Crippen molar-refractivity contribution in [1.29, 1.82) is 0 Å². The van der Waals surface area contributed by atoms with Gasteiger partial charge in [-0.25, -0.2) is 4.79 Å². The number of carbonyl (C=O) groups excluding carboxylic acids is 2. The molecule has 1 unspecified atom stereocenters. The fourth-order valence-electron chi connectivity index (χ4n) is 1.81. The van der Waals surface area contributed by atoms with Crippen molar-refractivity contribution in [2.75, 3.05) is 6.54 Å². The molecule has 1 aliphatic carbocycles. The summed E-state index contributed by atoms with van der Waals surface area (Å²) in [7, 11) is 0. The molecule has 2 rings (SSSR count). The first-order valence-corrected chi connectivity index (χ1v) is 5.38. The molecule has 0 radical (unpaired) electrons. The summed E-state index contributed by atoms with van der Waals surface area (Å²) >= 11 is 0. The maximum absolute atomic E-state index is 12.0. The number of amides is 3. The van der Waals surface area contributed by atoms with E-state index in [2.05, 4.69) is 4.99 Å². The molecule has 0 aromatic rings. The number of allylic oxidation sites excluding steroid dienone is 3. The molecule has 0 saturated heterocycles. The Morgan fingerprint density at radius 1 is 1.38 bits per heavy atom. The summed E-state index contributed by atoms with van der Waals surface area (Å²) < 4.78 is 0. The highest BCUT2D eigenvalue weighted by Crippen LogP contribution is 2.20. The first kappa shape index (κ1) is 10.8. The van der Waals surface area contributed by atoms with Crippen LogP contribution in [-0.2, 0) is 4.79 Å². The second-order valence-electron chi connectivity index (χ2n) is 4.38. The number of nitrogens with zero attached hydrogens (tertiary/aromatic N) is 2. The van der Waals surface area contributed by atoms with Crippen molar-refractivity contribution in [3.63, 3.8) is 0 Å². The number of urea groups is 1. The van der Waals surface area contributed by atoms with Crippen LogP contribution >= 0.6 is 0 Å². The predicted octanol–water partition coefficient (Wildman–Crippen LogP) is 1.79. The first-order valence-electron chi connectivity index (χ1n) is 5.38. The molecule has 0 bridgehead atoms. The van der Waals surface area contributed by atoms with Gasteiger partial charge in [0, 0.05) is 6.54 Å². The number of aliphatic imine (C=N–C) groups is 1. The van der Waals surface area contributed by atoms with Crippen LogP contribution in [0.5, 0.6) is 0 Å². The van der Waals surface area contributed by atoms with Crippen molar-refractivity contribution < 1.29 is 9.59 Å². The average molecular weight is 218 g/mol. The van der Waals surface area contributed by atoms with Crippen molar-refractivity contribution in [2.45, 2.75) is 13.8 Å². The van der Waals surface area contributed by atoms with Crippen molar-refractivity contribution >= 4 is 17.6 Å². The first-order chi connectivity index (χ1) is 7.59. The molecule has 0 N–H and O–H groups in total. The van der Waals surface area contributed by atoms with Crippen LogP contribution in [0.1, 0.15) is 13.8 Å². The van der Waals surface area contributed by atoms with Crippen molar-refractivity contribution in [1.82, 2.24) is 4.90 Å². The van der Waals surface area contributed by atoms with Gasteiger partial charge in [-0.15, -0.1) is 0 Å². The van der Waals surface area contributed by atoms with E-state index < -0.39 is 6.03 Å². The minimum atomic E-state index is -0.440. The molecule has 3 amide bonds. The normalized spacial score (nSPS) is 23.8. The molecular formula is C12H14N2O2. The van der Waals surface area contributed by atoms with Gasteiger partial charge in [0.2, 0.25) is 5.91 Å². The van der Waals surface area contributed by atoms with E-state index in [1.54, 1.807) is 18.2 Å². The molecular weight excluding hydrogens is 204 g/mol. The Morgan fingerprint density at radius 2 is 2.12 bits per heavy atom. The van der Waals surface area contributed by atoms with E-state index in [1.165, 1.54) is 4.90 Å². The lowest BCUT2D eigenvalue weighted by atomic mass is 9.95. The molecule has 0 aromatic carbocycles. The SMILES string of the molecule is CC(C)CN1C(=O)N=C2C=CC=CC2C1=O. The van der Waals surface area contributed by atoms with E-state index >= 15 is 0 Å². The zero-order valence-corrected chi connectivity index (χ0v) is 9.38. The minimum absolute atomic E-state index is 0.163. The van der Waals surface area contributed by atoms with Gasteiger partial charge in [0.1, 0.15) is 0 Å². The van der Waals surface area contributed by atoms with E-state index in [9.17, 15) is 9.59 Å². The Morgan fingerprint density at radius 3 is 2.81 bits per heavy atom. The van der Waals surface area contributed by atoms with Crippen molar-refractivity contribution in [3.8, 4) is 0 Å². The van der Waals surface area contributed by atoms with Gasteiger partial charge in [-0.3, -0.25) is 9.69 Å². The van der Waals surface area contributed by atoms with Gasteiger partial charge in [-0.2, -0.15) is 4.99 Å². The Balaban J connectivity index is 2.29. The molecule has 1 aliphatic heterocycles. The minimum Gasteiger partial charge on any atom is -0.273 e.